The quantitative estimate of drug-likeness (QED) is 0.721. The number of amides is 2. The summed E-state index contributed by atoms with van der Waals surface area (Å²) >= 11 is 2.03. The number of urea groups is 1. The Labute approximate surface area is 156 Å². The van der Waals surface area contributed by atoms with Crippen molar-refractivity contribution in [2.75, 3.05) is 36.0 Å². The fourth-order valence-electron chi connectivity index (χ4n) is 3.78. The molecule has 2 amide bonds. The van der Waals surface area contributed by atoms with E-state index in [9.17, 15) is 4.79 Å². The highest BCUT2D eigenvalue weighted by Gasteiger charge is 2.14. The van der Waals surface area contributed by atoms with Gasteiger partial charge in [-0.05, 0) is 36.5 Å². The van der Waals surface area contributed by atoms with Gasteiger partial charge in [-0.25, -0.2) is 4.79 Å². The van der Waals surface area contributed by atoms with E-state index in [0.29, 0.717) is 6.54 Å². The second-order valence-corrected chi connectivity index (χ2v) is 8.39. The molecular formula is C20H31N3OS. The number of rotatable bonds is 7. The van der Waals surface area contributed by atoms with Crippen molar-refractivity contribution in [3.63, 3.8) is 0 Å². The molecule has 1 aliphatic carbocycles. The molecule has 0 radical (unpaired) electrons. The highest BCUT2D eigenvalue weighted by molar-refractivity contribution is 7.99. The summed E-state index contributed by atoms with van der Waals surface area (Å²) in [5, 5.41) is 5.94. The zero-order valence-corrected chi connectivity index (χ0v) is 16.0. The molecule has 1 saturated carbocycles. The predicted octanol–water partition coefficient (Wildman–Crippen LogP) is 4.01. The van der Waals surface area contributed by atoms with Crippen molar-refractivity contribution < 1.29 is 4.79 Å². The predicted molar refractivity (Wildman–Crippen MR) is 107 cm³/mol. The van der Waals surface area contributed by atoms with E-state index in [-0.39, 0.29) is 6.03 Å². The van der Waals surface area contributed by atoms with Gasteiger partial charge in [0.1, 0.15) is 0 Å². The molecule has 1 aromatic rings. The number of carbonyl (C=O) groups excluding carboxylic acids is 1. The number of hydrogen-bond acceptors (Lipinski definition) is 3. The summed E-state index contributed by atoms with van der Waals surface area (Å²) in [4.78, 5) is 14.3. The van der Waals surface area contributed by atoms with Gasteiger partial charge in [0.05, 0.1) is 0 Å². The molecular weight excluding hydrogens is 330 g/mol. The molecule has 2 N–H and O–H groups in total. The molecule has 1 saturated heterocycles. The first-order chi connectivity index (χ1) is 12.3. The third kappa shape index (κ3) is 6.14. The Morgan fingerprint density at radius 2 is 1.80 bits per heavy atom. The van der Waals surface area contributed by atoms with Gasteiger partial charge in [0, 0.05) is 43.4 Å². The Hall–Kier alpha value is -1.36. The maximum absolute atomic E-state index is 11.9. The standard InChI is InChI=1S/C20H31N3OS/c24-20(21-11-3-6-17-4-1-2-5-17)22-16-18-7-9-19(10-8-18)23-12-14-25-15-13-23/h7-10,17H,1-6,11-16H2,(H2,21,22,24). The Morgan fingerprint density at radius 1 is 1.08 bits per heavy atom. The third-order valence-electron chi connectivity index (χ3n) is 5.32. The first-order valence-electron chi connectivity index (χ1n) is 9.74. The number of hydrogen-bond donors (Lipinski definition) is 2. The lowest BCUT2D eigenvalue weighted by molar-refractivity contribution is 0.240. The van der Waals surface area contributed by atoms with Gasteiger partial charge in [0.2, 0.25) is 0 Å². The van der Waals surface area contributed by atoms with Gasteiger partial charge in [0.15, 0.2) is 0 Å². The van der Waals surface area contributed by atoms with E-state index < -0.39 is 0 Å². The number of anilines is 1. The molecule has 2 aliphatic rings. The SMILES string of the molecule is O=C(NCCCC1CCCC1)NCc1ccc(N2CCSCC2)cc1. The summed E-state index contributed by atoms with van der Waals surface area (Å²) < 4.78 is 0. The first-order valence-corrected chi connectivity index (χ1v) is 10.9. The normalized spacial score (nSPS) is 18.3. The van der Waals surface area contributed by atoms with Crippen molar-refractivity contribution in [2.45, 2.75) is 45.1 Å². The maximum Gasteiger partial charge on any atom is 0.315 e. The Morgan fingerprint density at radius 3 is 2.52 bits per heavy atom. The summed E-state index contributed by atoms with van der Waals surface area (Å²) in [6, 6.07) is 8.54. The second-order valence-electron chi connectivity index (χ2n) is 7.17. The van der Waals surface area contributed by atoms with Crippen LogP contribution in [0, 0.1) is 5.92 Å². The van der Waals surface area contributed by atoms with Crippen LogP contribution >= 0.6 is 11.8 Å². The molecule has 0 aromatic heterocycles. The minimum absolute atomic E-state index is 0.0523. The zero-order chi connectivity index (χ0) is 17.3. The molecule has 0 unspecified atom stereocenters. The number of carbonyl (C=O) groups is 1. The molecule has 1 heterocycles. The van der Waals surface area contributed by atoms with Gasteiger partial charge < -0.3 is 15.5 Å². The molecule has 4 nitrogen and oxygen atoms in total. The topological polar surface area (TPSA) is 44.4 Å². The first kappa shape index (κ1) is 18.4. The van der Waals surface area contributed by atoms with Crippen LogP contribution in [0.3, 0.4) is 0 Å². The van der Waals surface area contributed by atoms with Crippen molar-refractivity contribution in [3.05, 3.63) is 29.8 Å². The highest BCUT2D eigenvalue weighted by Crippen LogP contribution is 2.28. The summed E-state index contributed by atoms with van der Waals surface area (Å²) in [5.41, 5.74) is 2.44. The zero-order valence-electron chi connectivity index (χ0n) is 15.1. The molecule has 1 aromatic carbocycles. The van der Waals surface area contributed by atoms with E-state index in [1.807, 2.05) is 11.8 Å². The monoisotopic (exact) mass is 361 g/mol. The van der Waals surface area contributed by atoms with Crippen LogP contribution in [-0.2, 0) is 6.54 Å². The van der Waals surface area contributed by atoms with Crippen LogP contribution in [0.5, 0.6) is 0 Å². The molecule has 138 valence electrons. The summed E-state index contributed by atoms with van der Waals surface area (Å²) in [7, 11) is 0. The molecule has 3 rings (SSSR count). The number of nitrogens with one attached hydrogen (secondary N) is 2. The lowest BCUT2D eigenvalue weighted by atomic mass is 10.0. The lowest BCUT2D eigenvalue weighted by Gasteiger charge is -2.28. The van der Waals surface area contributed by atoms with Gasteiger partial charge in [-0.3, -0.25) is 0 Å². The third-order valence-corrected chi connectivity index (χ3v) is 6.26. The smallest absolute Gasteiger partial charge is 0.315 e. The van der Waals surface area contributed by atoms with E-state index in [0.717, 1.165) is 37.5 Å². The minimum Gasteiger partial charge on any atom is -0.370 e. The van der Waals surface area contributed by atoms with Crippen molar-refractivity contribution in [1.82, 2.24) is 10.6 Å². The van der Waals surface area contributed by atoms with E-state index in [2.05, 4.69) is 39.8 Å². The summed E-state index contributed by atoms with van der Waals surface area (Å²) in [6.07, 6.45) is 7.93. The fourth-order valence-corrected chi connectivity index (χ4v) is 4.69. The molecule has 2 fully saturated rings. The highest BCUT2D eigenvalue weighted by atomic mass is 32.2. The molecule has 0 bridgehead atoms. The van der Waals surface area contributed by atoms with Gasteiger partial charge in [-0.15, -0.1) is 0 Å². The number of nitrogens with zero attached hydrogens (tertiary/aromatic N) is 1. The largest absolute Gasteiger partial charge is 0.370 e. The Balaban J connectivity index is 1.31. The van der Waals surface area contributed by atoms with Crippen LogP contribution in [-0.4, -0.2) is 37.2 Å². The van der Waals surface area contributed by atoms with Crippen LogP contribution in [0.2, 0.25) is 0 Å². The van der Waals surface area contributed by atoms with Crippen molar-refractivity contribution in [3.8, 4) is 0 Å². The Kier molecular flexibility index (Phi) is 7.34. The van der Waals surface area contributed by atoms with Crippen LogP contribution in [0.15, 0.2) is 24.3 Å². The van der Waals surface area contributed by atoms with Crippen molar-refractivity contribution in [2.24, 2.45) is 5.92 Å². The minimum atomic E-state index is -0.0523. The van der Waals surface area contributed by atoms with Gasteiger partial charge in [-0.1, -0.05) is 37.8 Å². The Bertz CT molecular complexity index is 522. The van der Waals surface area contributed by atoms with Gasteiger partial charge in [-0.2, -0.15) is 11.8 Å². The number of thioether (sulfide) groups is 1. The summed E-state index contributed by atoms with van der Waals surface area (Å²) in [5.74, 6) is 3.33. The van der Waals surface area contributed by atoms with Gasteiger partial charge >= 0.3 is 6.03 Å². The molecule has 5 heteroatoms. The molecule has 25 heavy (non-hydrogen) atoms. The number of benzene rings is 1. The molecule has 0 spiro atoms. The second kappa shape index (κ2) is 9.95. The fraction of sp³-hybridized carbons (Fsp3) is 0.650. The van der Waals surface area contributed by atoms with E-state index in [1.165, 1.54) is 49.3 Å². The average Bonchev–Trinajstić information content (AvgIpc) is 3.18. The van der Waals surface area contributed by atoms with Crippen LogP contribution in [0.25, 0.3) is 0 Å². The van der Waals surface area contributed by atoms with Crippen LogP contribution in [0.1, 0.15) is 44.1 Å². The van der Waals surface area contributed by atoms with E-state index in [4.69, 9.17) is 0 Å². The maximum atomic E-state index is 11.9. The lowest BCUT2D eigenvalue weighted by Crippen LogP contribution is -2.35. The van der Waals surface area contributed by atoms with E-state index >= 15 is 0 Å². The van der Waals surface area contributed by atoms with Gasteiger partial charge in [0.25, 0.3) is 0 Å². The molecule has 0 atom stereocenters. The molecule has 1 aliphatic heterocycles. The average molecular weight is 362 g/mol. The van der Waals surface area contributed by atoms with Crippen LogP contribution in [0.4, 0.5) is 10.5 Å². The van der Waals surface area contributed by atoms with E-state index in [1.54, 1.807) is 0 Å². The van der Waals surface area contributed by atoms with Crippen molar-refractivity contribution in [1.29, 1.82) is 0 Å². The van der Waals surface area contributed by atoms with Crippen LogP contribution < -0.4 is 15.5 Å². The summed E-state index contributed by atoms with van der Waals surface area (Å²) in [6.45, 7) is 3.63. The van der Waals surface area contributed by atoms with Crippen molar-refractivity contribution >= 4 is 23.5 Å².